The van der Waals surface area contributed by atoms with Crippen LogP contribution in [0, 0.1) is 17.3 Å². The highest BCUT2D eigenvalue weighted by atomic mass is 16.3. The molecule has 0 bridgehead atoms. The Bertz CT molecular complexity index is 1140. The Kier molecular flexibility index (Phi) is 7.38. The molecule has 6 rings (SSSR count). The molecular formula is C31H46N4O4. The lowest BCUT2D eigenvalue weighted by molar-refractivity contribution is -0.163. The summed E-state index contributed by atoms with van der Waals surface area (Å²) in [4.78, 5) is 44.3. The SMILES string of the molecule is C[C@H](CC1CCC1)C(=O)N1CC[C@](O)(Cn2cc(C(=O)N3CCNCC3)c(C3CC3)cc2=O)C2(CCCC2)C1. The molecule has 0 radical (unpaired) electrons. The summed E-state index contributed by atoms with van der Waals surface area (Å²) >= 11 is 0. The van der Waals surface area contributed by atoms with Crippen LogP contribution in [0.15, 0.2) is 17.1 Å². The van der Waals surface area contributed by atoms with Crippen molar-refractivity contribution < 1.29 is 14.7 Å². The summed E-state index contributed by atoms with van der Waals surface area (Å²) in [5, 5.41) is 15.6. The standard InChI is InChI=1S/C31H46N4O4/c1-22(17-23-5-4-6-23)28(37)34-14-11-31(39,30(20-34)9-2-3-10-30)21-35-19-26(25(18-27(35)36)24-7-8-24)29(38)33-15-12-32-13-16-33/h18-19,22-24,32,39H,2-17,20-21H2,1H3/t22-,31+/m1/s1. The monoisotopic (exact) mass is 538 g/mol. The number of pyridine rings is 1. The average Bonchev–Trinajstić information content (AvgIpc) is 3.66. The molecule has 1 aromatic heterocycles. The van der Waals surface area contributed by atoms with Gasteiger partial charge in [0.05, 0.1) is 17.7 Å². The number of nitrogens with zero attached hydrogens (tertiary/aromatic N) is 3. The van der Waals surface area contributed by atoms with E-state index in [-0.39, 0.29) is 35.8 Å². The van der Waals surface area contributed by atoms with E-state index >= 15 is 0 Å². The van der Waals surface area contributed by atoms with E-state index in [4.69, 9.17) is 0 Å². The minimum absolute atomic E-state index is 0.00409. The topological polar surface area (TPSA) is 94.9 Å². The number of aliphatic hydroxyl groups is 1. The average molecular weight is 539 g/mol. The third-order valence-corrected chi connectivity index (χ3v) is 10.7. The summed E-state index contributed by atoms with van der Waals surface area (Å²) in [6, 6.07) is 1.67. The van der Waals surface area contributed by atoms with E-state index in [0.717, 1.165) is 63.6 Å². The first-order valence-electron chi connectivity index (χ1n) is 15.5. The van der Waals surface area contributed by atoms with Gasteiger partial charge in [-0.15, -0.1) is 0 Å². The molecule has 5 aliphatic rings. The van der Waals surface area contributed by atoms with E-state index in [2.05, 4.69) is 12.2 Å². The van der Waals surface area contributed by atoms with Crippen LogP contribution in [0.2, 0.25) is 0 Å². The minimum atomic E-state index is -1.09. The van der Waals surface area contributed by atoms with Crippen LogP contribution < -0.4 is 10.9 Å². The zero-order valence-corrected chi connectivity index (χ0v) is 23.6. The molecule has 3 aliphatic carbocycles. The highest BCUT2D eigenvalue weighted by Gasteiger charge is 2.56. The fraction of sp³-hybridized carbons (Fsp3) is 0.774. The van der Waals surface area contributed by atoms with E-state index in [1.807, 2.05) is 9.80 Å². The van der Waals surface area contributed by atoms with Crippen LogP contribution in [0.1, 0.15) is 99.4 Å². The first-order chi connectivity index (χ1) is 18.8. The van der Waals surface area contributed by atoms with Gasteiger partial charge in [-0.1, -0.05) is 39.0 Å². The summed E-state index contributed by atoms with van der Waals surface area (Å²) in [5.41, 5.74) is -0.127. The quantitative estimate of drug-likeness (QED) is 0.556. The van der Waals surface area contributed by atoms with E-state index in [0.29, 0.717) is 44.1 Å². The van der Waals surface area contributed by atoms with Crippen LogP contribution in [0.3, 0.4) is 0 Å². The van der Waals surface area contributed by atoms with Crippen molar-refractivity contribution in [3.05, 3.63) is 33.7 Å². The molecule has 0 unspecified atom stereocenters. The maximum absolute atomic E-state index is 13.6. The van der Waals surface area contributed by atoms with Gasteiger partial charge in [-0.2, -0.15) is 0 Å². The lowest BCUT2D eigenvalue weighted by Gasteiger charge is -2.53. The molecule has 1 spiro atoms. The highest BCUT2D eigenvalue weighted by molar-refractivity contribution is 5.95. The highest BCUT2D eigenvalue weighted by Crippen LogP contribution is 2.52. The van der Waals surface area contributed by atoms with Crippen LogP contribution in [0.25, 0.3) is 0 Å². The van der Waals surface area contributed by atoms with Crippen LogP contribution in [-0.4, -0.2) is 76.2 Å². The van der Waals surface area contributed by atoms with Crippen molar-refractivity contribution in [1.82, 2.24) is 19.7 Å². The Morgan fingerprint density at radius 2 is 1.74 bits per heavy atom. The molecule has 2 amide bonds. The van der Waals surface area contributed by atoms with Crippen LogP contribution in [0.4, 0.5) is 0 Å². The van der Waals surface area contributed by atoms with E-state index in [9.17, 15) is 19.5 Å². The maximum atomic E-state index is 13.6. The van der Waals surface area contributed by atoms with Crippen molar-refractivity contribution in [2.45, 2.75) is 95.6 Å². The smallest absolute Gasteiger partial charge is 0.255 e. The first-order valence-corrected chi connectivity index (χ1v) is 15.5. The van der Waals surface area contributed by atoms with Gasteiger partial charge in [0.1, 0.15) is 0 Å². The van der Waals surface area contributed by atoms with Gasteiger partial charge in [-0.05, 0) is 55.9 Å². The minimum Gasteiger partial charge on any atom is -0.387 e. The third-order valence-electron chi connectivity index (χ3n) is 10.7. The van der Waals surface area contributed by atoms with Crippen molar-refractivity contribution in [2.24, 2.45) is 17.3 Å². The van der Waals surface area contributed by atoms with Crippen LogP contribution in [-0.2, 0) is 11.3 Å². The normalized spacial score (nSPS) is 27.9. The fourth-order valence-corrected chi connectivity index (χ4v) is 7.87. The summed E-state index contributed by atoms with van der Waals surface area (Å²) < 4.78 is 1.61. The number of carbonyl (C=O) groups is 2. The number of hydrogen-bond acceptors (Lipinski definition) is 5. The van der Waals surface area contributed by atoms with Crippen molar-refractivity contribution in [1.29, 1.82) is 0 Å². The number of piperidine rings is 1. The molecule has 2 saturated heterocycles. The molecule has 8 heteroatoms. The second-order valence-corrected chi connectivity index (χ2v) is 13.4. The third kappa shape index (κ3) is 5.19. The number of likely N-dealkylation sites (tertiary alicyclic amines) is 1. The predicted molar refractivity (Wildman–Crippen MR) is 150 cm³/mol. The maximum Gasteiger partial charge on any atom is 0.255 e. The first kappa shape index (κ1) is 27.0. The molecule has 0 aromatic carbocycles. The van der Waals surface area contributed by atoms with Crippen molar-refractivity contribution in [3.63, 3.8) is 0 Å². The van der Waals surface area contributed by atoms with Gasteiger partial charge in [0.25, 0.3) is 11.5 Å². The number of nitrogens with one attached hydrogen (secondary N) is 1. The molecule has 2 N–H and O–H groups in total. The molecule has 5 fully saturated rings. The molecule has 8 nitrogen and oxygen atoms in total. The van der Waals surface area contributed by atoms with Crippen molar-refractivity contribution >= 4 is 11.8 Å². The van der Waals surface area contributed by atoms with Gasteiger partial charge in [0, 0.05) is 62.9 Å². The number of rotatable bonds is 7. The zero-order valence-electron chi connectivity index (χ0n) is 23.6. The van der Waals surface area contributed by atoms with Crippen molar-refractivity contribution in [2.75, 3.05) is 39.3 Å². The molecule has 214 valence electrons. The van der Waals surface area contributed by atoms with E-state index in [1.165, 1.54) is 19.3 Å². The summed E-state index contributed by atoms with van der Waals surface area (Å²) in [6.45, 7) is 6.23. The van der Waals surface area contributed by atoms with Crippen LogP contribution >= 0.6 is 0 Å². The van der Waals surface area contributed by atoms with E-state index < -0.39 is 11.0 Å². The zero-order chi connectivity index (χ0) is 27.2. The Labute approximate surface area is 232 Å². The molecule has 3 saturated carbocycles. The van der Waals surface area contributed by atoms with Gasteiger partial charge in [-0.25, -0.2) is 0 Å². The number of piperazine rings is 1. The predicted octanol–water partition coefficient (Wildman–Crippen LogP) is 3.12. The number of carbonyl (C=O) groups excluding carboxylic acids is 2. The van der Waals surface area contributed by atoms with Gasteiger partial charge in [0.2, 0.25) is 5.91 Å². The van der Waals surface area contributed by atoms with E-state index in [1.54, 1.807) is 16.8 Å². The summed E-state index contributed by atoms with van der Waals surface area (Å²) in [7, 11) is 0. The molecule has 39 heavy (non-hydrogen) atoms. The fourth-order valence-electron chi connectivity index (χ4n) is 7.87. The Morgan fingerprint density at radius 3 is 2.38 bits per heavy atom. The largest absolute Gasteiger partial charge is 0.387 e. The summed E-state index contributed by atoms with van der Waals surface area (Å²) in [5.74, 6) is 1.22. The molecule has 1 aromatic rings. The molecule has 2 atom stereocenters. The van der Waals surface area contributed by atoms with Gasteiger partial charge < -0.3 is 24.8 Å². The summed E-state index contributed by atoms with van der Waals surface area (Å²) in [6.07, 6.45) is 12.8. The Morgan fingerprint density at radius 1 is 1.03 bits per heavy atom. The Balaban J connectivity index is 1.25. The second-order valence-electron chi connectivity index (χ2n) is 13.4. The number of hydrogen-bond donors (Lipinski definition) is 2. The lowest BCUT2D eigenvalue weighted by atomic mass is 9.65. The van der Waals surface area contributed by atoms with Gasteiger partial charge >= 0.3 is 0 Å². The van der Waals surface area contributed by atoms with Gasteiger partial charge in [0.15, 0.2) is 0 Å². The van der Waals surface area contributed by atoms with Crippen LogP contribution in [0.5, 0.6) is 0 Å². The molecule has 3 heterocycles. The number of amides is 2. The second kappa shape index (κ2) is 10.7. The molecular weight excluding hydrogens is 492 g/mol. The molecule has 2 aliphatic heterocycles. The number of aromatic nitrogens is 1. The lowest BCUT2D eigenvalue weighted by Crippen LogP contribution is -2.62. The van der Waals surface area contributed by atoms with Crippen molar-refractivity contribution in [3.8, 4) is 0 Å². The Hall–Kier alpha value is -2.19. The van der Waals surface area contributed by atoms with Gasteiger partial charge in [-0.3, -0.25) is 14.4 Å².